The molecule has 0 aliphatic heterocycles. The number of hydrogen-bond donors (Lipinski definition) is 0. The fourth-order valence-electron chi connectivity index (χ4n) is 0.898. The third kappa shape index (κ3) is 11.5. The van der Waals surface area contributed by atoms with Gasteiger partial charge in [0.25, 0.3) is 0 Å². The molecule has 0 radical (unpaired) electrons. The van der Waals surface area contributed by atoms with Gasteiger partial charge in [-0.3, -0.25) is 0 Å². The number of rotatable bonds is 0. The van der Waals surface area contributed by atoms with Gasteiger partial charge in [-0.2, -0.15) is 12.8 Å². The van der Waals surface area contributed by atoms with Crippen molar-refractivity contribution >= 4 is 0 Å². The molecule has 10 heavy (non-hydrogen) atoms. The smallest absolute Gasteiger partial charge is 0.358 e. The minimum Gasteiger partial charge on any atom is -0.358 e. The summed E-state index contributed by atoms with van der Waals surface area (Å²) in [4.78, 5) is 0. The second-order valence-corrected chi connectivity index (χ2v) is 1.93. The van der Waals surface area contributed by atoms with E-state index in [4.69, 9.17) is 0 Å². The van der Waals surface area contributed by atoms with Crippen LogP contribution < -0.4 is 0 Å². The minimum absolute atomic E-state index is 0. The van der Waals surface area contributed by atoms with E-state index in [1.807, 2.05) is 0 Å². The van der Waals surface area contributed by atoms with Crippen LogP contribution >= 0.6 is 0 Å². The van der Waals surface area contributed by atoms with Gasteiger partial charge in [-0.05, 0) is 0 Å². The molecule has 0 bridgehead atoms. The molecule has 0 amide bonds. The van der Waals surface area contributed by atoms with Crippen molar-refractivity contribution in [2.75, 3.05) is 0 Å². The van der Waals surface area contributed by atoms with E-state index in [-0.39, 0.29) is 43.3 Å². The third-order valence-electron chi connectivity index (χ3n) is 1.32. The molecule has 0 spiro atoms. The van der Waals surface area contributed by atoms with E-state index in [1.165, 1.54) is 32.1 Å². The van der Waals surface area contributed by atoms with Gasteiger partial charge in [0.15, 0.2) is 0 Å². The summed E-state index contributed by atoms with van der Waals surface area (Å²) in [6.07, 6.45) is 9.50. The van der Waals surface area contributed by atoms with Crippen LogP contribution in [-0.2, 0) is 21.1 Å². The van der Waals surface area contributed by atoms with Crippen molar-refractivity contribution in [1.82, 2.24) is 0 Å². The first-order valence-corrected chi connectivity index (χ1v) is 2.82. The Morgan fingerprint density at radius 1 is 0.700 bits per heavy atom. The molecule has 1 heteroatoms. The van der Waals surface area contributed by atoms with Crippen molar-refractivity contribution in [3.63, 3.8) is 0 Å². The molecule has 1 aliphatic carbocycles. The Kier molecular flexibility index (Phi) is 36.7. The van der Waals surface area contributed by atoms with E-state index in [0.717, 1.165) is 0 Å². The van der Waals surface area contributed by atoms with Crippen LogP contribution in [0.2, 0.25) is 0 Å². The van der Waals surface area contributed by atoms with Crippen LogP contribution in [0.25, 0.3) is 0 Å². The summed E-state index contributed by atoms with van der Waals surface area (Å²) >= 11 is 0. The Balaban J connectivity index is -0.0000000450. The van der Waals surface area contributed by atoms with Gasteiger partial charge < -0.3 is 28.7 Å². The van der Waals surface area contributed by atoms with Crippen LogP contribution in [0.5, 0.6) is 0 Å². The van der Waals surface area contributed by atoms with Crippen LogP contribution in [0.15, 0.2) is 0 Å². The fraction of sp³-hybridized carbons (Fsp3) is 0.556. The van der Waals surface area contributed by atoms with E-state index < -0.39 is 0 Å². The summed E-state index contributed by atoms with van der Waals surface area (Å²) in [5.41, 5.74) is 0. The molecule has 1 saturated carbocycles. The summed E-state index contributed by atoms with van der Waals surface area (Å²) in [6, 6.07) is 0. The maximum atomic E-state index is 2.39. The minimum atomic E-state index is 0. The molecule has 66 valence electrons. The average molecular weight is 323 g/mol. The molecular weight excluding hydrogens is 303 g/mol. The van der Waals surface area contributed by atoms with E-state index in [1.54, 1.807) is 0 Å². The van der Waals surface area contributed by atoms with Gasteiger partial charge in [-0.25, -0.2) is 0 Å². The predicted molar refractivity (Wildman–Crippen MR) is 46.6 cm³/mol. The summed E-state index contributed by atoms with van der Waals surface area (Å²) in [6.45, 7) is 0. The van der Waals surface area contributed by atoms with Crippen LogP contribution in [-0.4, -0.2) is 0 Å². The quantitative estimate of drug-likeness (QED) is 0.599. The van der Waals surface area contributed by atoms with Crippen molar-refractivity contribution in [2.24, 2.45) is 0 Å². The predicted octanol–water partition coefficient (Wildman–Crippen LogP) is 3.50. The Bertz CT molecular complexity index is 20.2. The molecule has 0 aromatic heterocycles. The molecule has 0 atom stereocenters. The molecule has 1 aliphatic rings. The standard InChI is InChI=1S/C6H11.3CH3.Pt/c1-2-4-6-5-3-1;;;;/h1H,2-6H2;3*1H3;/q4*-1;+4. The molecule has 0 unspecified atom stereocenters. The largest absolute Gasteiger partial charge is 4.00 e. The summed E-state index contributed by atoms with van der Waals surface area (Å²) in [5.74, 6) is 0. The normalized spacial score (nSPS) is 14.4. The first-order valence-electron chi connectivity index (χ1n) is 2.82. The summed E-state index contributed by atoms with van der Waals surface area (Å²) in [7, 11) is 0. The Morgan fingerprint density at radius 3 is 1.20 bits per heavy atom. The van der Waals surface area contributed by atoms with Gasteiger partial charge in [-0.15, -0.1) is 0 Å². The SMILES string of the molecule is [CH-]1CCCCC1.[CH3-].[CH3-].[CH3-].[Pt+4]. The third-order valence-corrected chi connectivity index (χ3v) is 1.32. The van der Waals surface area contributed by atoms with E-state index in [9.17, 15) is 0 Å². The second kappa shape index (κ2) is 16.3. The first kappa shape index (κ1) is 22.4. The van der Waals surface area contributed by atoms with E-state index in [0.29, 0.717) is 0 Å². The van der Waals surface area contributed by atoms with Gasteiger partial charge in [0.1, 0.15) is 0 Å². The van der Waals surface area contributed by atoms with Crippen LogP contribution in [0.1, 0.15) is 32.1 Å². The van der Waals surface area contributed by atoms with Gasteiger partial charge in [0.2, 0.25) is 0 Å². The van der Waals surface area contributed by atoms with Crippen molar-refractivity contribution in [1.29, 1.82) is 0 Å². The molecule has 0 heterocycles. The van der Waals surface area contributed by atoms with Crippen molar-refractivity contribution in [3.8, 4) is 0 Å². The zero-order chi connectivity index (χ0) is 4.24. The van der Waals surface area contributed by atoms with E-state index in [2.05, 4.69) is 6.42 Å². The molecule has 1 rings (SSSR count). The van der Waals surface area contributed by atoms with Crippen molar-refractivity contribution in [2.45, 2.75) is 32.1 Å². The molecular formula is C9H20Pt. The Labute approximate surface area is 82.1 Å². The zero-order valence-electron chi connectivity index (χ0n) is 7.43. The molecule has 0 aromatic carbocycles. The first-order chi connectivity index (χ1) is 3.00. The summed E-state index contributed by atoms with van der Waals surface area (Å²) in [5, 5.41) is 0. The maximum absolute atomic E-state index is 2.39. The van der Waals surface area contributed by atoms with E-state index >= 15 is 0 Å². The van der Waals surface area contributed by atoms with Gasteiger partial charge in [0.05, 0.1) is 0 Å². The molecule has 1 fully saturated rings. The molecule has 0 saturated heterocycles. The molecule has 0 nitrogen and oxygen atoms in total. The van der Waals surface area contributed by atoms with Gasteiger partial charge in [0, 0.05) is 0 Å². The van der Waals surface area contributed by atoms with Crippen LogP contribution in [0.4, 0.5) is 0 Å². The average Bonchev–Trinajstić information content (AvgIpc) is 1.72. The van der Waals surface area contributed by atoms with Crippen LogP contribution in [0.3, 0.4) is 0 Å². The second-order valence-electron chi connectivity index (χ2n) is 1.93. The van der Waals surface area contributed by atoms with Gasteiger partial charge >= 0.3 is 21.1 Å². The zero-order valence-corrected chi connectivity index (χ0v) is 9.70. The molecule has 0 N–H and O–H groups in total. The van der Waals surface area contributed by atoms with Crippen molar-refractivity contribution < 1.29 is 21.1 Å². The number of hydrogen-bond acceptors (Lipinski definition) is 0. The fourth-order valence-corrected chi connectivity index (χ4v) is 0.898. The summed E-state index contributed by atoms with van der Waals surface area (Å²) < 4.78 is 0. The Morgan fingerprint density at radius 2 is 1.10 bits per heavy atom. The Hall–Kier alpha value is 0.688. The topological polar surface area (TPSA) is 0 Å². The van der Waals surface area contributed by atoms with Gasteiger partial charge in [-0.1, -0.05) is 19.3 Å². The van der Waals surface area contributed by atoms with Crippen LogP contribution in [0, 0.1) is 28.7 Å². The molecule has 0 aromatic rings. The maximum Gasteiger partial charge on any atom is 4.00 e. The van der Waals surface area contributed by atoms with Crippen molar-refractivity contribution in [3.05, 3.63) is 28.7 Å². The monoisotopic (exact) mass is 323 g/mol.